The smallest absolute Gasteiger partial charge is 0.0574 e. The third kappa shape index (κ3) is 3.03. The summed E-state index contributed by atoms with van der Waals surface area (Å²) in [6, 6.07) is 10.6. The Morgan fingerprint density at radius 1 is 1.32 bits per heavy atom. The summed E-state index contributed by atoms with van der Waals surface area (Å²) in [6.07, 6.45) is 1.89. The molecular formula is C18H22N2OS. The molecule has 0 saturated carbocycles. The number of hydrogen-bond acceptors (Lipinski definition) is 4. The molecule has 0 aromatic carbocycles. The first-order valence-electron chi connectivity index (χ1n) is 7.74. The van der Waals surface area contributed by atoms with Gasteiger partial charge >= 0.3 is 0 Å². The lowest BCUT2D eigenvalue weighted by atomic mass is 9.88. The van der Waals surface area contributed by atoms with Gasteiger partial charge in [0.15, 0.2) is 0 Å². The minimum atomic E-state index is 0.321. The Kier molecular flexibility index (Phi) is 4.79. The Balaban J connectivity index is 1.87. The van der Waals surface area contributed by atoms with Crippen LogP contribution in [0.2, 0.25) is 0 Å². The van der Waals surface area contributed by atoms with E-state index in [2.05, 4.69) is 43.1 Å². The van der Waals surface area contributed by atoms with Crippen LogP contribution >= 0.6 is 11.8 Å². The van der Waals surface area contributed by atoms with Crippen molar-refractivity contribution in [3.8, 4) is 0 Å². The fraction of sp³-hybridized carbons (Fsp3) is 0.444. The highest BCUT2D eigenvalue weighted by Crippen LogP contribution is 2.43. The summed E-state index contributed by atoms with van der Waals surface area (Å²) in [5.74, 6) is 2.21. The van der Waals surface area contributed by atoms with Crippen molar-refractivity contribution in [2.75, 3.05) is 19.5 Å². The molecular weight excluding hydrogens is 292 g/mol. The van der Waals surface area contributed by atoms with Crippen LogP contribution in [-0.2, 0) is 4.74 Å². The molecule has 0 bridgehead atoms. The molecule has 2 unspecified atom stereocenters. The van der Waals surface area contributed by atoms with Crippen LogP contribution < -0.4 is 0 Å². The first kappa shape index (κ1) is 15.5. The van der Waals surface area contributed by atoms with E-state index in [4.69, 9.17) is 9.72 Å². The molecule has 0 spiro atoms. The van der Waals surface area contributed by atoms with E-state index in [-0.39, 0.29) is 0 Å². The Morgan fingerprint density at radius 2 is 2.18 bits per heavy atom. The molecule has 3 nitrogen and oxygen atoms in total. The largest absolute Gasteiger partial charge is 0.384 e. The van der Waals surface area contributed by atoms with Gasteiger partial charge in [0.25, 0.3) is 0 Å². The average molecular weight is 314 g/mol. The lowest BCUT2D eigenvalue weighted by Gasteiger charge is -2.29. The van der Waals surface area contributed by atoms with Gasteiger partial charge in [-0.1, -0.05) is 19.9 Å². The SMILES string of the molecule is COC[C@@H](C)c1cccc(C2CSc3cccnc3C2C)n1. The molecule has 0 fully saturated rings. The molecule has 0 N–H and O–H groups in total. The zero-order chi connectivity index (χ0) is 15.5. The summed E-state index contributed by atoms with van der Waals surface area (Å²) < 4.78 is 5.26. The summed E-state index contributed by atoms with van der Waals surface area (Å²) in [5.41, 5.74) is 3.50. The molecule has 3 rings (SSSR count). The second kappa shape index (κ2) is 6.80. The summed E-state index contributed by atoms with van der Waals surface area (Å²) in [4.78, 5) is 10.8. The summed E-state index contributed by atoms with van der Waals surface area (Å²) in [5, 5.41) is 0. The molecule has 0 amide bonds. The topological polar surface area (TPSA) is 35.0 Å². The molecule has 0 saturated heterocycles. The highest BCUT2D eigenvalue weighted by atomic mass is 32.2. The average Bonchev–Trinajstić information content (AvgIpc) is 2.56. The Hall–Kier alpha value is -1.39. The molecule has 116 valence electrons. The quantitative estimate of drug-likeness (QED) is 0.846. The second-order valence-electron chi connectivity index (χ2n) is 5.94. The van der Waals surface area contributed by atoms with E-state index >= 15 is 0 Å². The van der Waals surface area contributed by atoms with Crippen LogP contribution in [0.5, 0.6) is 0 Å². The second-order valence-corrected chi connectivity index (χ2v) is 7.00. The van der Waals surface area contributed by atoms with Crippen LogP contribution in [0.4, 0.5) is 0 Å². The van der Waals surface area contributed by atoms with Gasteiger partial charge in [0.05, 0.1) is 12.3 Å². The predicted octanol–water partition coefficient (Wildman–Crippen LogP) is 4.22. The maximum atomic E-state index is 5.26. The van der Waals surface area contributed by atoms with Gasteiger partial charge in [0.1, 0.15) is 0 Å². The van der Waals surface area contributed by atoms with E-state index in [0.29, 0.717) is 24.4 Å². The van der Waals surface area contributed by atoms with E-state index in [0.717, 1.165) is 11.4 Å². The van der Waals surface area contributed by atoms with Crippen LogP contribution in [0.15, 0.2) is 41.4 Å². The normalized spacial score (nSPS) is 22.1. The van der Waals surface area contributed by atoms with E-state index in [1.807, 2.05) is 24.0 Å². The molecule has 1 aliphatic rings. The van der Waals surface area contributed by atoms with Gasteiger partial charge in [-0.3, -0.25) is 9.97 Å². The molecule has 3 atom stereocenters. The van der Waals surface area contributed by atoms with Crippen molar-refractivity contribution in [3.05, 3.63) is 53.6 Å². The predicted molar refractivity (Wildman–Crippen MR) is 90.6 cm³/mol. The van der Waals surface area contributed by atoms with Crippen LogP contribution in [0.1, 0.15) is 48.7 Å². The number of fused-ring (bicyclic) bond motifs is 1. The van der Waals surface area contributed by atoms with Crippen molar-refractivity contribution in [3.63, 3.8) is 0 Å². The van der Waals surface area contributed by atoms with Gasteiger partial charge in [-0.05, 0) is 24.3 Å². The highest BCUT2D eigenvalue weighted by Gasteiger charge is 2.30. The van der Waals surface area contributed by atoms with Crippen molar-refractivity contribution in [2.45, 2.75) is 36.5 Å². The zero-order valence-electron chi connectivity index (χ0n) is 13.3. The maximum Gasteiger partial charge on any atom is 0.0574 e. The van der Waals surface area contributed by atoms with Crippen molar-refractivity contribution >= 4 is 11.8 Å². The highest BCUT2D eigenvalue weighted by molar-refractivity contribution is 7.99. The van der Waals surface area contributed by atoms with Crippen molar-refractivity contribution in [1.29, 1.82) is 0 Å². The zero-order valence-corrected chi connectivity index (χ0v) is 14.1. The molecule has 3 heterocycles. The van der Waals surface area contributed by atoms with E-state index in [1.54, 1.807) is 7.11 Å². The van der Waals surface area contributed by atoms with Gasteiger partial charge in [0.2, 0.25) is 0 Å². The van der Waals surface area contributed by atoms with Crippen molar-refractivity contribution in [1.82, 2.24) is 9.97 Å². The number of aromatic nitrogens is 2. The first-order valence-corrected chi connectivity index (χ1v) is 8.72. The van der Waals surface area contributed by atoms with Gasteiger partial charge in [0, 0.05) is 53.1 Å². The van der Waals surface area contributed by atoms with Crippen LogP contribution in [0.25, 0.3) is 0 Å². The summed E-state index contributed by atoms with van der Waals surface area (Å²) in [6.45, 7) is 5.13. The standard InChI is InChI=1S/C18H22N2OS/c1-12(10-21-3)15-6-4-7-16(20-15)14-11-22-17-8-5-9-19-18(17)13(14)2/h4-9,12-14H,10-11H2,1-3H3/t12-,13?,14?/m1/s1. The van der Waals surface area contributed by atoms with Gasteiger partial charge in [-0.25, -0.2) is 0 Å². The molecule has 22 heavy (non-hydrogen) atoms. The Bertz CT molecular complexity index is 646. The van der Waals surface area contributed by atoms with Gasteiger partial charge in [-0.15, -0.1) is 11.8 Å². The van der Waals surface area contributed by atoms with E-state index in [1.165, 1.54) is 16.3 Å². The van der Waals surface area contributed by atoms with Gasteiger partial charge < -0.3 is 4.74 Å². The van der Waals surface area contributed by atoms with Crippen LogP contribution in [-0.4, -0.2) is 29.4 Å². The molecule has 0 aliphatic carbocycles. The van der Waals surface area contributed by atoms with Crippen molar-refractivity contribution in [2.24, 2.45) is 0 Å². The fourth-order valence-corrected chi connectivity index (χ4v) is 4.39. The van der Waals surface area contributed by atoms with E-state index in [9.17, 15) is 0 Å². The number of thioether (sulfide) groups is 1. The molecule has 1 aliphatic heterocycles. The Morgan fingerprint density at radius 3 is 3.00 bits per heavy atom. The lowest BCUT2D eigenvalue weighted by Crippen LogP contribution is -2.19. The lowest BCUT2D eigenvalue weighted by molar-refractivity contribution is 0.183. The molecule has 4 heteroatoms. The van der Waals surface area contributed by atoms with Crippen molar-refractivity contribution < 1.29 is 4.74 Å². The summed E-state index contributed by atoms with van der Waals surface area (Å²) >= 11 is 1.89. The van der Waals surface area contributed by atoms with E-state index < -0.39 is 0 Å². The number of rotatable bonds is 4. The summed E-state index contributed by atoms with van der Waals surface area (Å²) in [7, 11) is 1.74. The first-order chi connectivity index (χ1) is 10.7. The van der Waals surface area contributed by atoms with Crippen LogP contribution in [0.3, 0.4) is 0 Å². The number of pyridine rings is 2. The maximum absolute atomic E-state index is 5.26. The Labute approximate surface area is 136 Å². The van der Waals surface area contributed by atoms with Gasteiger partial charge in [-0.2, -0.15) is 0 Å². The number of ether oxygens (including phenoxy) is 1. The van der Waals surface area contributed by atoms with Crippen LogP contribution in [0, 0.1) is 0 Å². The fourth-order valence-electron chi connectivity index (χ4n) is 3.01. The molecule has 2 aromatic heterocycles. The minimum absolute atomic E-state index is 0.321. The minimum Gasteiger partial charge on any atom is -0.384 e. The molecule has 0 radical (unpaired) electrons. The number of hydrogen-bond donors (Lipinski definition) is 0. The monoisotopic (exact) mass is 314 g/mol. The third-order valence-corrected chi connectivity index (χ3v) is 5.53. The number of nitrogens with zero attached hydrogens (tertiary/aromatic N) is 2. The number of methoxy groups -OCH3 is 1. The third-order valence-electron chi connectivity index (χ3n) is 4.35. The molecule has 2 aromatic rings.